The van der Waals surface area contributed by atoms with E-state index >= 15 is 0 Å². The Labute approximate surface area is 129 Å². The van der Waals surface area contributed by atoms with Gasteiger partial charge in [0.1, 0.15) is 5.75 Å². The Kier molecular flexibility index (Phi) is 3.79. The standard InChI is InChI=1S/C15H12BrFN2O2/c1-20-10-4-2-9(3-5-10)8-18-15-11-6-7-12(16)13(17)14(11)21-19-15/h2-7H,8H2,1H3,(H,18,19). The van der Waals surface area contributed by atoms with Crippen molar-refractivity contribution in [2.24, 2.45) is 0 Å². The Hall–Kier alpha value is -2.08. The van der Waals surface area contributed by atoms with Crippen molar-refractivity contribution in [3.8, 4) is 5.75 Å². The molecule has 4 nitrogen and oxygen atoms in total. The monoisotopic (exact) mass is 350 g/mol. The van der Waals surface area contributed by atoms with Crippen LogP contribution in [0.15, 0.2) is 45.4 Å². The van der Waals surface area contributed by atoms with E-state index in [-0.39, 0.29) is 5.58 Å². The van der Waals surface area contributed by atoms with Crippen LogP contribution in [0.4, 0.5) is 10.2 Å². The maximum absolute atomic E-state index is 13.8. The van der Waals surface area contributed by atoms with Crippen molar-refractivity contribution in [2.75, 3.05) is 12.4 Å². The first-order valence-electron chi connectivity index (χ1n) is 6.29. The van der Waals surface area contributed by atoms with E-state index in [9.17, 15) is 4.39 Å². The van der Waals surface area contributed by atoms with Gasteiger partial charge >= 0.3 is 0 Å². The quantitative estimate of drug-likeness (QED) is 0.759. The van der Waals surface area contributed by atoms with Crippen LogP contribution in [0.2, 0.25) is 0 Å². The summed E-state index contributed by atoms with van der Waals surface area (Å²) in [5.41, 5.74) is 1.20. The van der Waals surface area contributed by atoms with Crippen molar-refractivity contribution < 1.29 is 13.7 Å². The third-order valence-electron chi connectivity index (χ3n) is 3.15. The molecule has 0 bridgehead atoms. The van der Waals surface area contributed by atoms with E-state index in [0.717, 1.165) is 11.3 Å². The highest BCUT2D eigenvalue weighted by molar-refractivity contribution is 9.10. The number of hydrogen-bond donors (Lipinski definition) is 1. The molecule has 1 heterocycles. The topological polar surface area (TPSA) is 47.3 Å². The summed E-state index contributed by atoms with van der Waals surface area (Å²) in [6, 6.07) is 11.1. The van der Waals surface area contributed by atoms with Crippen LogP contribution in [0.25, 0.3) is 11.0 Å². The van der Waals surface area contributed by atoms with E-state index in [0.29, 0.717) is 22.2 Å². The summed E-state index contributed by atoms with van der Waals surface area (Å²) < 4.78 is 24.3. The number of aromatic nitrogens is 1. The van der Waals surface area contributed by atoms with Crippen molar-refractivity contribution in [1.29, 1.82) is 0 Å². The molecule has 3 rings (SSSR count). The fourth-order valence-electron chi connectivity index (χ4n) is 2.00. The molecule has 0 radical (unpaired) electrons. The predicted molar refractivity (Wildman–Crippen MR) is 82.0 cm³/mol. The summed E-state index contributed by atoms with van der Waals surface area (Å²) in [6.07, 6.45) is 0. The molecule has 1 N–H and O–H groups in total. The third-order valence-corrected chi connectivity index (χ3v) is 3.76. The highest BCUT2D eigenvalue weighted by Crippen LogP contribution is 2.29. The molecule has 0 fully saturated rings. The minimum absolute atomic E-state index is 0.140. The molecule has 0 amide bonds. The highest BCUT2D eigenvalue weighted by Gasteiger charge is 2.14. The lowest BCUT2D eigenvalue weighted by molar-refractivity contribution is 0.414. The minimum Gasteiger partial charge on any atom is -0.497 e. The summed E-state index contributed by atoms with van der Waals surface area (Å²) in [6.45, 7) is 0.559. The molecule has 0 saturated carbocycles. The van der Waals surface area contributed by atoms with E-state index in [4.69, 9.17) is 9.26 Å². The lowest BCUT2D eigenvalue weighted by Crippen LogP contribution is -1.99. The van der Waals surface area contributed by atoms with E-state index in [1.165, 1.54) is 0 Å². The van der Waals surface area contributed by atoms with Crippen LogP contribution in [0, 0.1) is 5.82 Å². The number of nitrogens with zero attached hydrogens (tertiary/aromatic N) is 1. The number of anilines is 1. The Balaban J connectivity index is 1.80. The van der Waals surface area contributed by atoms with Crippen molar-refractivity contribution in [3.05, 3.63) is 52.3 Å². The second kappa shape index (κ2) is 5.73. The molecule has 108 valence electrons. The minimum atomic E-state index is -0.447. The molecular weight excluding hydrogens is 339 g/mol. The molecule has 0 aliphatic carbocycles. The van der Waals surface area contributed by atoms with E-state index in [1.54, 1.807) is 19.2 Å². The average molecular weight is 351 g/mol. The summed E-state index contributed by atoms with van der Waals surface area (Å²) in [5, 5.41) is 7.63. The second-order valence-electron chi connectivity index (χ2n) is 4.47. The van der Waals surface area contributed by atoms with Crippen LogP contribution in [0.3, 0.4) is 0 Å². The Morgan fingerprint density at radius 3 is 2.71 bits per heavy atom. The first-order valence-corrected chi connectivity index (χ1v) is 7.08. The van der Waals surface area contributed by atoms with Gasteiger partial charge in [0.2, 0.25) is 5.58 Å². The fourth-order valence-corrected chi connectivity index (χ4v) is 2.32. The molecule has 0 aliphatic heterocycles. The number of rotatable bonds is 4. The summed E-state index contributed by atoms with van der Waals surface area (Å²) >= 11 is 3.12. The lowest BCUT2D eigenvalue weighted by atomic mass is 10.2. The van der Waals surface area contributed by atoms with Gasteiger partial charge in [-0.1, -0.05) is 17.3 Å². The summed E-state index contributed by atoms with van der Waals surface area (Å²) in [4.78, 5) is 0. The van der Waals surface area contributed by atoms with Crippen LogP contribution in [0.5, 0.6) is 5.75 Å². The van der Waals surface area contributed by atoms with Crippen LogP contribution >= 0.6 is 15.9 Å². The molecule has 1 aromatic heterocycles. The Morgan fingerprint density at radius 1 is 1.24 bits per heavy atom. The molecule has 21 heavy (non-hydrogen) atoms. The molecule has 6 heteroatoms. The van der Waals surface area contributed by atoms with Crippen LogP contribution in [0.1, 0.15) is 5.56 Å². The smallest absolute Gasteiger partial charge is 0.205 e. The van der Waals surface area contributed by atoms with E-state index in [1.807, 2.05) is 24.3 Å². The first-order chi connectivity index (χ1) is 10.2. The summed E-state index contributed by atoms with van der Waals surface area (Å²) in [5.74, 6) is 0.877. The molecule has 0 spiro atoms. The molecule has 2 aromatic carbocycles. The molecule has 0 unspecified atom stereocenters. The molecule has 3 aromatic rings. The van der Waals surface area contributed by atoms with Gasteiger partial charge in [0, 0.05) is 6.54 Å². The second-order valence-corrected chi connectivity index (χ2v) is 5.33. The Morgan fingerprint density at radius 2 is 2.00 bits per heavy atom. The van der Waals surface area contributed by atoms with Gasteiger partial charge in [-0.3, -0.25) is 0 Å². The van der Waals surface area contributed by atoms with Crippen molar-refractivity contribution in [2.45, 2.75) is 6.54 Å². The van der Waals surface area contributed by atoms with Gasteiger partial charge in [0.25, 0.3) is 0 Å². The van der Waals surface area contributed by atoms with Gasteiger partial charge in [-0.2, -0.15) is 0 Å². The molecular formula is C15H12BrFN2O2. The molecule has 0 atom stereocenters. The maximum atomic E-state index is 13.8. The van der Waals surface area contributed by atoms with Crippen molar-refractivity contribution in [3.63, 3.8) is 0 Å². The number of hydrogen-bond acceptors (Lipinski definition) is 4. The van der Waals surface area contributed by atoms with Gasteiger partial charge in [-0.05, 0) is 45.8 Å². The summed E-state index contributed by atoms with van der Waals surface area (Å²) in [7, 11) is 1.63. The van der Waals surface area contributed by atoms with Crippen molar-refractivity contribution in [1.82, 2.24) is 5.16 Å². The SMILES string of the molecule is COc1ccc(CNc2noc3c(F)c(Br)ccc23)cc1. The predicted octanol–water partition coefficient (Wildman–Crippen LogP) is 4.35. The fraction of sp³-hybridized carbons (Fsp3) is 0.133. The maximum Gasteiger partial charge on any atom is 0.205 e. The zero-order chi connectivity index (χ0) is 14.8. The molecule has 0 aliphatic rings. The number of nitrogens with one attached hydrogen (secondary N) is 1. The van der Waals surface area contributed by atoms with Crippen molar-refractivity contribution >= 4 is 32.7 Å². The Bertz CT molecular complexity index is 771. The van der Waals surface area contributed by atoms with Gasteiger partial charge in [-0.25, -0.2) is 4.39 Å². The van der Waals surface area contributed by atoms with Gasteiger partial charge in [0.15, 0.2) is 11.6 Å². The van der Waals surface area contributed by atoms with E-state index in [2.05, 4.69) is 26.4 Å². The zero-order valence-corrected chi connectivity index (χ0v) is 12.8. The number of ether oxygens (including phenoxy) is 1. The normalized spacial score (nSPS) is 10.8. The van der Waals surface area contributed by atoms with Gasteiger partial charge < -0.3 is 14.6 Å². The van der Waals surface area contributed by atoms with E-state index < -0.39 is 5.82 Å². The van der Waals surface area contributed by atoms with Crippen LogP contribution in [-0.2, 0) is 6.54 Å². The number of halogens is 2. The lowest BCUT2D eigenvalue weighted by Gasteiger charge is -2.05. The van der Waals surface area contributed by atoms with Gasteiger partial charge in [0.05, 0.1) is 17.0 Å². The average Bonchev–Trinajstić information content (AvgIpc) is 2.93. The highest BCUT2D eigenvalue weighted by atomic mass is 79.9. The number of benzene rings is 2. The van der Waals surface area contributed by atoms with Crippen LogP contribution in [-0.4, -0.2) is 12.3 Å². The van der Waals surface area contributed by atoms with Crippen LogP contribution < -0.4 is 10.1 Å². The zero-order valence-electron chi connectivity index (χ0n) is 11.2. The van der Waals surface area contributed by atoms with Gasteiger partial charge in [-0.15, -0.1) is 0 Å². The number of fused-ring (bicyclic) bond motifs is 1. The largest absolute Gasteiger partial charge is 0.497 e. The first kappa shape index (κ1) is 13.9. The molecule has 0 saturated heterocycles. The third kappa shape index (κ3) is 2.71. The number of methoxy groups -OCH3 is 1.